The molecule has 0 atom stereocenters. The molecule has 1 aromatic heterocycles. The monoisotopic (exact) mass is 769 g/mol. The van der Waals surface area contributed by atoms with Gasteiger partial charge in [0.1, 0.15) is 0 Å². The molecule has 286 valence electrons. The molecule has 3 heterocycles. The van der Waals surface area contributed by atoms with Crippen LogP contribution in [0.2, 0.25) is 0 Å². The van der Waals surface area contributed by atoms with Gasteiger partial charge in [-0.25, -0.2) is 0 Å². The summed E-state index contributed by atoms with van der Waals surface area (Å²) in [5, 5.41) is 12.6. The van der Waals surface area contributed by atoms with Gasteiger partial charge in [0.15, 0.2) is 0 Å². The Kier molecular flexibility index (Phi) is 7.94. The number of hydrogen-bond acceptors (Lipinski definition) is 2. The molecule has 0 N–H and O–H groups in total. The minimum Gasteiger partial charge on any atom is -0.375 e. The van der Waals surface area contributed by atoms with E-state index in [-0.39, 0.29) is 6.85 Å². The molecule has 0 fully saturated rings. The minimum absolute atomic E-state index is 0.0701. The summed E-state index contributed by atoms with van der Waals surface area (Å²) >= 11 is 0. The van der Waals surface area contributed by atoms with E-state index in [2.05, 4.69) is 185 Å². The minimum atomic E-state index is -0.0701. The van der Waals surface area contributed by atoms with E-state index in [1.807, 2.05) is 18.2 Å². The number of benzene rings is 8. The van der Waals surface area contributed by atoms with Gasteiger partial charge in [-0.15, -0.1) is 0 Å². The first-order valence-corrected chi connectivity index (χ1v) is 21.0. The Labute approximate surface area is 352 Å². The molecule has 60 heavy (non-hydrogen) atoms. The lowest BCUT2D eigenvalue weighted by atomic mass is 9.44. The van der Waals surface area contributed by atoms with Crippen molar-refractivity contribution in [2.24, 2.45) is 0 Å². The molecule has 0 saturated heterocycles. The first-order valence-electron chi connectivity index (χ1n) is 21.0. The van der Waals surface area contributed by atoms with Crippen LogP contribution >= 0.6 is 0 Å². The first kappa shape index (κ1) is 36.0. The van der Waals surface area contributed by atoms with Crippen molar-refractivity contribution in [2.75, 3.05) is 4.90 Å². The number of aromatic nitrogens is 1. The number of hydrogen-bond donors (Lipinski definition) is 0. The third kappa shape index (κ3) is 5.15. The van der Waals surface area contributed by atoms with Crippen LogP contribution in [0.5, 0.6) is 0 Å². The van der Waals surface area contributed by atoms with Crippen molar-refractivity contribution in [2.45, 2.75) is 48.5 Å². The van der Waals surface area contributed by atoms with Gasteiger partial charge in [0, 0.05) is 44.4 Å². The number of rotatable bonds is 4. The van der Waals surface area contributed by atoms with Crippen molar-refractivity contribution in [3.05, 3.63) is 184 Å². The highest BCUT2D eigenvalue weighted by atomic mass is 15.2. The van der Waals surface area contributed by atoms with E-state index in [0.717, 1.165) is 16.8 Å². The molecular weight excluding hydrogens is 725 g/mol. The summed E-state index contributed by atoms with van der Waals surface area (Å²) in [6, 6.07) is 54.1. The molecule has 2 aliphatic heterocycles. The average molecular weight is 770 g/mol. The van der Waals surface area contributed by atoms with Gasteiger partial charge in [0.2, 0.25) is 0 Å². The SMILES string of the molecule is Cc1cc(C)c(-c2ccc3c(c2)c2cc(-c4c(C)cc(C)cc4C)cc4c2n3B2c3ccccc3N(c3ccccc3)c3cc(-c5cccc(C#N)c5)c(C)c-4c32)c(C)c1. The number of aryl methyl sites for hydroxylation is 6. The Balaban J connectivity index is 1.34. The van der Waals surface area contributed by atoms with Crippen molar-refractivity contribution < 1.29 is 0 Å². The fourth-order valence-electron chi connectivity index (χ4n) is 11.2. The van der Waals surface area contributed by atoms with Crippen LogP contribution in [0.15, 0.2) is 140 Å². The summed E-state index contributed by atoms with van der Waals surface area (Å²) in [5.41, 5.74) is 28.0. The molecule has 11 rings (SSSR count). The van der Waals surface area contributed by atoms with Gasteiger partial charge in [0.25, 0.3) is 0 Å². The van der Waals surface area contributed by atoms with Crippen LogP contribution in [0.3, 0.4) is 0 Å². The number of nitriles is 1. The fourth-order valence-corrected chi connectivity index (χ4v) is 11.2. The second-order valence-electron chi connectivity index (χ2n) is 17.3. The van der Waals surface area contributed by atoms with Crippen molar-refractivity contribution in [1.29, 1.82) is 5.26 Å². The smallest absolute Gasteiger partial charge is 0.333 e. The summed E-state index contributed by atoms with van der Waals surface area (Å²) in [5.74, 6) is 0. The van der Waals surface area contributed by atoms with E-state index < -0.39 is 0 Å². The largest absolute Gasteiger partial charge is 0.375 e. The summed E-state index contributed by atoms with van der Waals surface area (Å²) in [6.07, 6.45) is 0. The lowest BCUT2D eigenvalue weighted by Gasteiger charge is -2.41. The maximum absolute atomic E-state index is 10.1. The highest BCUT2D eigenvalue weighted by Crippen LogP contribution is 2.50. The molecule has 0 radical (unpaired) electrons. The topological polar surface area (TPSA) is 32.0 Å². The Hall–Kier alpha value is -7.09. The molecule has 0 unspecified atom stereocenters. The van der Waals surface area contributed by atoms with Gasteiger partial charge < -0.3 is 9.38 Å². The predicted molar refractivity (Wildman–Crippen MR) is 254 cm³/mol. The van der Waals surface area contributed by atoms with Crippen LogP contribution in [0, 0.1) is 59.8 Å². The molecule has 0 spiro atoms. The zero-order valence-electron chi connectivity index (χ0n) is 35.2. The predicted octanol–water partition coefficient (Wildman–Crippen LogP) is 13.2. The third-order valence-corrected chi connectivity index (χ3v) is 13.3. The van der Waals surface area contributed by atoms with E-state index in [4.69, 9.17) is 0 Å². The number of nitrogens with zero attached hydrogens (tertiary/aromatic N) is 3. The molecule has 9 aromatic rings. The maximum atomic E-state index is 10.1. The molecular formula is C56H44BN3. The Morgan fingerprint density at radius 1 is 0.500 bits per heavy atom. The second-order valence-corrected chi connectivity index (χ2v) is 17.3. The van der Waals surface area contributed by atoms with Crippen LogP contribution < -0.4 is 15.8 Å². The van der Waals surface area contributed by atoms with Gasteiger partial charge >= 0.3 is 6.85 Å². The average Bonchev–Trinajstić information content (AvgIpc) is 3.55. The van der Waals surface area contributed by atoms with E-state index in [0.29, 0.717) is 5.56 Å². The van der Waals surface area contributed by atoms with Crippen LogP contribution in [-0.2, 0) is 0 Å². The quantitative estimate of drug-likeness (QED) is 0.167. The van der Waals surface area contributed by atoms with Crippen molar-refractivity contribution in [1.82, 2.24) is 4.48 Å². The van der Waals surface area contributed by atoms with Gasteiger partial charge in [-0.2, -0.15) is 5.26 Å². The van der Waals surface area contributed by atoms with Gasteiger partial charge in [0.05, 0.1) is 11.6 Å². The van der Waals surface area contributed by atoms with Crippen LogP contribution in [0.1, 0.15) is 44.5 Å². The molecule has 0 amide bonds. The summed E-state index contributed by atoms with van der Waals surface area (Å²) in [6.45, 7) is 15.6. The molecule has 2 aliphatic rings. The Morgan fingerprint density at radius 2 is 1.15 bits per heavy atom. The first-order chi connectivity index (χ1) is 29.1. The Bertz CT molecular complexity index is 3320. The number of para-hydroxylation sites is 2. The van der Waals surface area contributed by atoms with Gasteiger partial charge in [-0.3, -0.25) is 0 Å². The zero-order valence-corrected chi connectivity index (χ0v) is 35.2. The fraction of sp³-hybridized carbons (Fsp3) is 0.125. The molecule has 0 aliphatic carbocycles. The van der Waals surface area contributed by atoms with E-state index in [1.54, 1.807) is 0 Å². The molecule has 8 aromatic carbocycles. The lowest BCUT2D eigenvalue weighted by Crippen LogP contribution is -2.56. The van der Waals surface area contributed by atoms with Gasteiger partial charge in [-0.1, -0.05) is 90.0 Å². The summed E-state index contributed by atoms with van der Waals surface area (Å²) in [4.78, 5) is 2.47. The standard InChI is InChI=1S/C56H44BN3/c1-32-22-34(3)52(35(4)23-32)41-20-21-49-45(27-41)46-28-42(53-36(5)24-33(2)25-37(53)6)29-47-54-38(7)44(40-15-13-14-39(26-40)31-58)30-51-55(54)57(60(49)56(46)47)48-18-11-12-19-50(48)59(51)43-16-9-8-10-17-43/h8-30H,1-7H3. The maximum Gasteiger partial charge on any atom is 0.333 e. The second kappa shape index (κ2) is 13.2. The molecule has 4 heteroatoms. The summed E-state index contributed by atoms with van der Waals surface area (Å²) < 4.78 is 2.67. The van der Waals surface area contributed by atoms with E-state index in [9.17, 15) is 5.26 Å². The summed E-state index contributed by atoms with van der Waals surface area (Å²) in [7, 11) is 0. The van der Waals surface area contributed by atoms with Crippen molar-refractivity contribution in [3.63, 3.8) is 0 Å². The van der Waals surface area contributed by atoms with E-state index in [1.165, 1.54) is 116 Å². The number of fused-ring (bicyclic) bond motifs is 7. The molecule has 3 nitrogen and oxygen atoms in total. The third-order valence-electron chi connectivity index (χ3n) is 13.3. The highest BCUT2D eigenvalue weighted by Gasteiger charge is 2.44. The van der Waals surface area contributed by atoms with Gasteiger partial charge in [-0.05, 0) is 187 Å². The normalized spacial score (nSPS) is 12.5. The zero-order chi connectivity index (χ0) is 41.1. The number of anilines is 3. The van der Waals surface area contributed by atoms with Crippen LogP contribution in [0.4, 0.5) is 17.1 Å². The van der Waals surface area contributed by atoms with Crippen molar-refractivity contribution in [3.8, 4) is 50.6 Å². The molecule has 0 saturated carbocycles. The Morgan fingerprint density at radius 3 is 1.85 bits per heavy atom. The van der Waals surface area contributed by atoms with Crippen LogP contribution in [-0.4, -0.2) is 11.3 Å². The lowest BCUT2D eigenvalue weighted by molar-refractivity contribution is 1.24. The van der Waals surface area contributed by atoms with Crippen LogP contribution in [0.25, 0.3) is 66.3 Å². The van der Waals surface area contributed by atoms with Crippen molar-refractivity contribution >= 4 is 56.6 Å². The molecule has 0 bridgehead atoms. The van der Waals surface area contributed by atoms with E-state index >= 15 is 0 Å². The highest BCUT2D eigenvalue weighted by molar-refractivity contribution is 6.90.